The van der Waals surface area contributed by atoms with Crippen LogP contribution in [0.15, 0.2) is 42.7 Å². The molecule has 0 unspecified atom stereocenters. The Morgan fingerprint density at radius 1 is 1.26 bits per heavy atom. The minimum Gasteiger partial charge on any atom is -0.492 e. The van der Waals surface area contributed by atoms with Gasteiger partial charge in [0.15, 0.2) is 0 Å². The molecule has 6 heteroatoms. The number of rotatable bonds is 7. The summed E-state index contributed by atoms with van der Waals surface area (Å²) in [6.45, 7) is 2.32. The summed E-state index contributed by atoms with van der Waals surface area (Å²) in [4.78, 5) is 10.7. The van der Waals surface area contributed by atoms with E-state index in [1.807, 2.05) is 36.4 Å². The number of benzene rings is 1. The lowest BCUT2D eigenvalue weighted by molar-refractivity contribution is 0.266. The summed E-state index contributed by atoms with van der Waals surface area (Å²) in [7, 11) is 0. The van der Waals surface area contributed by atoms with Crippen LogP contribution in [0.5, 0.6) is 5.75 Å². The molecule has 2 N–H and O–H groups in total. The molecule has 1 aliphatic heterocycles. The van der Waals surface area contributed by atoms with Crippen LogP contribution in [-0.2, 0) is 0 Å². The van der Waals surface area contributed by atoms with E-state index in [0.717, 1.165) is 36.8 Å². The molecular weight excluding hydrogens is 292 g/mol. The number of nitrogens with zero attached hydrogens (tertiary/aromatic N) is 3. The molecule has 0 spiro atoms. The van der Waals surface area contributed by atoms with Crippen molar-refractivity contribution in [2.75, 3.05) is 36.5 Å². The van der Waals surface area contributed by atoms with Gasteiger partial charge in [-0.15, -0.1) is 0 Å². The van der Waals surface area contributed by atoms with E-state index >= 15 is 0 Å². The van der Waals surface area contributed by atoms with Crippen LogP contribution in [0, 0.1) is 0 Å². The molecule has 1 atom stereocenters. The van der Waals surface area contributed by atoms with Crippen molar-refractivity contribution in [2.24, 2.45) is 0 Å². The molecule has 3 rings (SSSR count). The molecule has 0 amide bonds. The Balaban J connectivity index is 1.51. The van der Waals surface area contributed by atoms with Crippen molar-refractivity contribution in [1.82, 2.24) is 9.97 Å². The maximum absolute atomic E-state index is 9.43. The number of para-hydroxylation sites is 1. The molecule has 1 aromatic heterocycles. The second kappa shape index (κ2) is 7.78. The van der Waals surface area contributed by atoms with Crippen molar-refractivity contribution < 1.29 is 9.84 Å². The summed E-state index contributed by atoms with van der Waals surface area (Å²) in [6, 6.07) is 11.8. The predicted octanol–water partition coefficient (Wildman–Crippen LogP) is 1.93. The summed E-state index contributed by atoms with van der Waals surface area (Å²) < 4.78 is 5.64. The number of aliphatic hydroxyl groups is 1. The van der Waals surface area contributed by atoms with Crippen molar-refractivity contribution in [3.63, 3.8) is 0 Å². The lowest BCUT2D eigenvalue weighted by atomic mass is 10.2. The summed E-state index contributed by atoms with van der Waals surface area (Å²) in [5.41, 5.74) is 0. The Bertz CT molecular complexity index is 609. The van der Waals surface area contributed by atoms with Gasteiger partial charge >= 0.3 is 0 Å². The maximum atomic E-state index is 9.43. The predicted molar refractivity (Wildman–Crippen MR) is 89.9 cm³/mol. The molecule has 0 aliphatic carbocycles. The number of nitrogens with one attached hydrogen (secondary N) is 1. The normalized spacial score (nSPS) is 17.3. The van der Waals surface area contributed by atoms with Gasteiger partial charge in [-0.1, -0.05) is 18.2 Å². The molecule has 2 aromatic rings. The summed E-state index contributed by atoms with van der Waals surface area (Å²) in [5.74, 6) is 2.50. The van der Waals surface area contributed by atoms with Gasteiger partial charge in [0.05, 0.1) is 19.2 Å². The van der Waals surface area contributed by atoms with E-state index in [1.165, 1.54) is 0 Å². The van der Waals surface area contributed by atoms with E-state index in [1.54, 1.807) is 6.33 Å². The second-order valence-electron chi connectivity index (χ2n) is 5.52. The molecule has 2 heterocycles. The third-order valence-electron chi connectivity index (χ3n) is 3.95. The molecule has 0 bridgehead atoms. The quantitative estimate of drug-likeness (QED) is 0.761. The molecule has 1 aliphatic rings. The SMILES string of the molecule is OC[C@@H]1CCCN1c1cc(NCCOc2ccccc2)ncn1. The Hall–Kier alpha value is -2.34. The van der Waals surface area contributed by atoms with Crippen molar-refractivity contribution in [3.8, 4) is 5.75 Å². The van der Waals surface area contributed by atoms with Crippen LogP contribution in [0.2, 0.25) is 0 Å². The number of anilines is 2. The minimum atomic E-state index is 0.164. The monoisotopic (exact) mass is 314 g/mol. The van der Waals surface area contributed by atoms with Crippen LogP contribution in [-0.4, -0.2) is 47.4 Å². The van der Waals surface area contributed by atoms with Crippen molar-refractivity contribution in [2.45, 2.75) is 18.9 Å². The smallest absolute Gasteiger partial charge is 0.134 e. The fraction of sp³-hybridized carbons (Fsp3) is 0.412. The number of ether oxygens (including phenoxy) is 1. The highest BCUT2D eigenvalue weighted by Gasteiger charge is 2.25. The fourth-order valence-electron chi connectivity index (χ4n) is 2.79. The number of aromatic nitrogens is 2. The van der Waals surface area contributed by atoms with E-state index in [0.29, 0.717) is 13.2 Å². The van der Waals surface area contributed by atoms with Crippen LogP contribution in [0.1, 0.15) is 12.8 Å². The molecule has 6 nitrogen and oxygen atoms in total. The van der Waals surface area contributed by atoms with Crippen LogP contribution in [0.3, 0.4) is 0 Å². The van der Waals surface area contributed by atoms with Crippen molar-refractivity contribution in [1.29, 1.82) is 0 Å². The first-order chi connectivity index (χ1) is 11.4. The first kappa shape index (κ1) is 15.6. The largest absolute Gasteiger partial charge is 0.492 e. The molecule has 0 radical (unpaired) electrons. The van der Waals surface area contributed by atoms with Crippen molar-refractivity contribution >= 4 is 11.6 Å². The molecular formula is C17H22N4O2. The standard InChI is InChI=1S/C17H22N4O2/c22-12-14-5-4-9-21(14)17-11-16(19-13-20-17)18-8-10-23-15-6-2-1-3-7-15/h1-3,6-7,11,13-14,22H,4-5,8-10,12H2,(H,18,19,20)/t14-/m0/s1. The second-order valence-corrected chi connectivity index (χ2v) is 5.52. The number of hydrogen-bond acceptors (Lipinski definition) is 6. The zero-order valence-corrected chi connectivity index (χ0v) is 13.1. The summed E-state index contributed by atoms with van der Waals surface area (Å²) in [6.07, 6.45) is 3.65. The van der Waals surface area contributed by atoms with E-state index in [-0.39, 0.29) is 12.6 Å². The summed E-state index contributed by atoms with van der Waals surface area (Å²) >= 11 is 0. The highest BCUT2D eigenvalue weighted by Crippen LogP contribution is 2.24. The van der Waals surface area contributed by atoms with E-state index in [9.17, 15) is 5.11 Å². The molecule has 1 saturated heterocycles. The average Bonchev–Trinajstić information content (AvgIpc) is 3.09. The lowest BCUT2D eigenvalue weighted by Gasteiger charge is -2.24. The Morgan fingerprint density at radius 2 is 2.13 bits per heavy atom. The highest BCUT2D eigenvalue weighted by molar-refractivity contribution is 5.49. The third-order valence-corrected chi connectivity index (χ3v) is 3.95. The van der Waals surface area contributed by atoms with Crippen LogP contribution >= 0.6 is 0 Å². The highest BCUT2D eigenvalue weighted by atomic mass is 16.5. The zero-order valence-electron chi connectivity index (χ0n) is 13.1. The van der Waals surface area contributed by atoms with Gasteiger partial charge in [0.2, 0.25) is 0 Å². The van der Waals surface area contributed by atoms with Crippen LogP contribution in [0.4, 0.5) is 11.6 Å². The number of aliphatic hydroxyl groups excluding tert-OH is 1. The van der Waals surface area contributed by atoms with Gasteiger partial charge in [0.1, 0.15) is 30.3 Å². The van der Waals surface area contributed by atoms with Gasteiger partial charge in [0, 0.05) is 12.6 Å². The summed E-state index contributed by atoms with van der Waals surface area (Å²) in [5, 5.41) is 12.7. The minimum absolute atomic E-state index is 0.164. The van der Waals surface area contributed by atoms with Gasteiger partial charge in [0.25, 0.3) is 0 Å². The topological polar surface area (TPSA) is 70.5 Å². The molecule has 0 saturated carbocycles. The first-order valence-electron chi connectivity index (χ1n) is 7.98. The van der Waals surface area contributed by atoms with Gasteiger partial charge in [-0.2, -0.15) is 0 Å². The lowest BCUT2D eigenvalue weighted by Crippen LogP contribution is -2.32. The average molecular weight is 314 g/mol. The molecule has 1 aromatic carbocycles. The van der Waals surface area contributed by atoms with Gasteiger partial charge in [-0.3, -0.25) is 0 Å². The van der Waals surface area contributed by atoms with E-state index < -0.39 is 0 Å². The zero-order chi connectivity index (χ0) is 15.9. The molecule has 1 fully saturated rings. The van der Waals surface area contributed by atoms with Crippen LogP contribution < -0.4 is 15.0 Å². The van der Waals surface area contributed by atoms with E-state index in [4.69, 9.17) is 4.74 Å². The third kappa shape index (κ3) is 4.10. The van der Waals surface area contributed by atoms with Gasteiger partial charge in [-0.05, 0) is 25.0 Å². The first-order valence-corrected chi connectivity index (χ1v) is 7.98. The van der Waals surface area contributed by atoms with Gasteiger partial charge in [-0.25, -0.2) is 9.97 Å². The Morgan fingerprint density at radius 3 is 2.96 bits per heavy atom. The maximum Gasteiger partial charge on any atom is 0.134 e. The van der Waals surface area contributed by atoms with Crippen molar-refractivity contribution in [3.05, 3.63) is 42.7 Å². The fourth-order valence-corrected chi connectivity index (χ4v) is 2.79. The Labute approximate surface area is 136 Å². The number of hydrogen-bond donors (Lipinski definition) is 2. The van der Waals surface area contributed by atoms with Gasteiger partial charge < -0.3 is 20.1 Å². The Kier molecular flexibility index (Phi) is 5.26. The van der Waals surface area contributed by atoms with Crippen LogP contribution in [0.25, 0.3) is 0 Å². The van der Waals surface area contributed by atoms with E-state index in [2.05, 4.69) is 20.2 Å². The molecule has 122 valence electrons. The molecule has 23 heavy (non-hydrogen) atoms.